The highest BCUT2D eigenvalue weighted by Gasteiger charge is 2.07. The molecule has 6 nitrogen and oxygen atoms in total. The number of nitrogens with zero attached hydrogens (tertiary/aromatic N) is 2. The molecule has 0 saturated heterocycles. The van der Waals surface area contributed by atoms with Gasteiger partial charge in [-0.2, -0.15) is 0 Å². The molecule has 2 heterocycles. The van der Waals surface area contributed by atoms with E-state index < -0.39 is 6.09 Å². The average molecular weight is 329 g/mol. The molecule has 1 N–H and O–H groups in total. The zero-order valence-electron chi connectivity index (χ0n) is 12.6. The summed E-state index contributed by atoms with van der Waals surface area (Å²) in [6, 6.07) is 11.7. The topological polar surface area (TPSA) is 64.9 Å². The molecule has 0 fully saturated rings. The van der Waals surface area contributed by atoms with Crippen molar-refractivity contribution in [3.8, 4) is 5.75 Å². The molecular formula is C16H15N3O3S. The van der Waals surface area contributed by atoms with E-state index in [9.17, 15) is 4.79 Å². The number of ether oxygens (including phenoxy) is 2. The van der Waals surface area contributed by atoms with E-state index in [0.29, 0.717) is 5.82 Å². The van der Waals surface area contributed by atoms with Crippen LogP contribution in [0.2, 0.25) is 0 Å². The summed E-state index contributed by atoms with van der Waals surface area (Å²) in [5.41, 5.74) is 0.742. The van der Waals surface area contributed by atoms with Crippen LogP contribution in [0.5, 0.6) is 5.75 Å². The molecule has 0 spiro atoms. The second-order valence-corrected chi connectivity index (χ2v) is 5.80. The van der Waals surface area contributed by atoms with Gasteiger partial charge in [0, 0.05) is 16.0 Å². The second kappa shape index (κ2) is 6.62. The maximum absolute atomic E-state index is 11.2. The molecule has 118 valence electrons. The van der Waals surface area contributed by atoms with E-state index in [0.717, 1.165) is 21.2 Å². The number of hydrogen-bond donors (Lipinski definition) is 1. The number of carbonyl (C=O) groups is 1. The first-order valence-corrected chi connectivity index (χ1v) is 7.65. The maximum Gasteiger partial charge on any atom is 0.412 e. The van der Waals surface area contributed by atoms with Gasteiger partial charge in [0.15, 0.2) is 5.82 Å². The van der Waals surface area contributed by atoms with E-state index in [1.807, 2.05) is 47.0 Å². The number of imidazole rings is 1. The lowest BCUT2D eigenvalue weighted by Gasteiger charge is -2.04. The third kappa shape index (κ3) is 3.57. The molecule has 0 aliphatic heterocycles. The number of pyridine rings is 1. The minimum atomic E-state index is -0.542. The van der Waals surface area contributed by atoms with E-state index in [1.165, 1.54) is 7.11 Å². The molecule has 0 unspecified atom stereocenters. The number of methoxy groups -OCH3 is 2. The summed E-state index contributed by atoms with van der Waals surface area (Å²) in [7, 11) is 2.96. The monoisotopic (exact) mass is 329 g/mol. The highest BCUT2D eigenvalue weighted by molar-refractivity contribution is 7.99. The average Bonchev–Trinajstić information content (AvgIpc) is 2.96. The lowest BCUT2D eigenvalue weighted by Crippen LogP contribution is -2.10. The van der Waals surface area contributed by atoms with E-state index in [2.05, 4.69) is 15.0 Å². The number of nitrogens with one attached hydrogen (secondary N) is 1. The summed E-state index contributed by atoms with van der Waals surface area (Å²) in [6.07, 6.45) is 3.15. The van der Waals surface area contributed by atoms with Gasteiger partial charge >= 0.3 is 6.09 Å². The van der Waals surface area contributed by atoms with Gasteiger partial charge in [-0.05, 0) is 30.3 Å². The van der Waals surface area contributed by atoms with Gasteiger partial charge in [-0.15, -0.1) is 0 Å². The number of rotatable bonds is 4. The molecule has 23 heavy (non-hydrogen) atoms. The molecule has 0 aliphatic rings. The van der Waals surface area contributed by atoms with Crippen LogP contribution in [0.1, 0.15) is 0 Å². The molecule has 0 saturated carbocycles. The largest absolute Gasteiger partial charge is 0.497 e. The molecule has 2 aromatic heterocycles. The fourth-order valence-electron chi connectivity index (χ4n) is 2.05. The van der Waals surface area contributed by atoms with E-state index >= 15 is 0 Å². The summed E-state index contributed by atoms with van der Waals surface area (Å²) in [6.45, 7) is 0. The normalized spacial score (nSPS) is 10.5. The molecule has 3 rings (SSSR count). The first-order valence-electron chi connectivity index (χ1n) is 6.83. The van der Waals surface area contributed by atoms with Gasteiger partial charge in [0.05, 0.1) is 20.4 Å². The summed E-state index contributed by atoms with van der Waals surface area (Å²) >= 11 is 1.62. The van der Waals surface area contributed by atoms with Gasteiger partial charge in [-0.25, -0.2) is 9.78 Å². The number of hydrogen-bond acceptors (Lipinski definition) is 5. The fraction of sp³-hybridized carbons (Fsp3) is 0.125. The summed E-state index contributed by atoms with van der Waals surface area (Å²) in [4.78, 5) is 17.7. The first-order chi connectivity index (χ1) is 11.2. The number of anilines is 1. The highest BCUT2D eigenvalue weighted by Crippen LogP contribution is 2.30. The van der Waals surface area contributed by atoms with Gasteiger partial charge < -0.3 is 13.9 Å². The molecule has 0 aliphatic carbocycles. The Morgan fingerprint density at radius 1 is 1.17 bits per heavy atom. The van der Waals surface area contributed by atoms with Gasteiger partial charge in [0.25, 0.3) is 0 Å². The predicted molar refractivity (Wildman–Crippen MR) is 88.3 cm³/mol. The molecule has 3 aromatic rings. The van der Waals surface area contributed by atoms with Crippen molar-refractivity contribution in [1.29, 1.82) is 0 Å². The van der Waals surface area contributed by atoms with Crippen LogP contribution in [0.15, 0.2) is 58.6 Å². The van der Waals surface area contributed by atoms with Crippen LogP contribution < -0.4 is 10.1 Å². The highest BCUT2D eigenvalue weighted by atomic mass is 32.2. The molecule has 7 heteroatoms. The molecule has 0 atom stereocenters. The predicted octanol–water partition coefficient (Wildman–Crippen LogP) is 3.67. The van der Waals surface area contributed by atoms with E-state index in [1.54, 1.807) is 25.1 Å². The van der Waals surface area contributed by atoms with Crippen molar-refractivity contribution in [3.05, 3.63) is 48.8 Å². The minimum Gasteiger partial charge on any atom is -0.497 e. The quantitative estimate of drug-likeness (QED) is 0.791. The molecule has 1 amide bonds. The van der Waals surface area contributed by atoms with Crippen LogP contribution in [-0.4, -0.2) is 29.7 Å². The Labute approximate surface area is 137 Å². The maximum atomic E-state index is 11.2. The second-order valence-electron chi connectivity index (χ2n) is 4.65. The zero-order valence-corrected chi connectivity index (χ0v) is 13.5. The van der Waals surface area contributed by atoms with E-state index in [-0.39, 0.29) is 0 Å². The third-order valence-corrected chi connectivity index (χ3v) is 4.08. The van der Waals surface area contributed by atoms with Gasteiger partial charge in [0.1, 0.15) is 11.4 Å². The SMILES string of the molecule is COC(=O)Nc1cn2cc(Sc3cccc(OC)c3)ccc2n1. The fourth-order valence-corrected chi connectivity index (χ4v) is 2.94. The van der Waals surface area contributed by atoms with E-state index in [4.69, 9.17) is 4.74 Å². The number of amides is 1. The zero-order chi connectivity index (χ0) is 16.2. The Bertz CT molecular complexity index is 847. The van der Waals surface area contributed by atoms with Crippen molar-refractivity contribution >= 4 is 29.3 Å². The van der Waals surface area contributed by atoms with Crippen LogP contribution in [-0.2, 0) is 4.74 Å². The van der Waals surface area contributed by atoms with Crippen molar-refractivity contribution in [2.24, 2.45) is 0 Å². The number of aromatic nitrogens is 2. The summed E-state index contributed by atoms with van der Waals surface area (Å²) in [5.74, 6) is 1.27. The van der Waals surface area contributed by atoms with Crippen LogP contribution in [0.3, 0.4) is 0 Å². The first kappa shape index (κ1) is 15.2. The molecule has 0 bridgehead atoms. The Hall–Kier alpha value is -2.67. The molecular weight excluding hydrogens is 314 g/mol. The Kier molecular flexibility index (Phi) is 4.38. The number of benzene rings is 1. The van der Waals surface area contributed by atoms with Crippen molar-refractivity contribution in [3.63, 3.8) is 0 Å². The lowest BCUT2D eigenvalue weighted by molar-refractivity contribution is 0.187. The molecule has 0 radical (unpaired) electrons. The Balaban J connectivity index is 1.83. The van der Waals surface area contributed by atoms with Crippen molar-refractivity contribution in [2.75, 3.05) is 19.5 Å². The van der Waals surface area contributed by atoms with Crippen molar-refractivity contribution < 1.29 is 14.3 Å². The number of carbonyl (C=O) groups excluding carboxylic acids is 1. The van der Waals surface area contributed by atoms with Gasteiger partial charge in [-0.1, -0.05) is 17.8 Å². The summed E-state index contributed by atoms with van der Waals surface area (Å²) < 4.78 is 11.6. The van der Waals surface area contributed by atoms with Gasteiger partial charge in [-0.3, -0.25) is 5.32 Å². The minimum absolute atomic E-state index is 0.445. The van der Waals surface area contributed by atoms with Crippen LogP contribution in [0.25, 0.3) is 5.65 Å². The van der Waals surface area contributed by atoms with Crippen LogP contribution in [0.4, 0.5) is 10.6 Å². The standard InChI is InChI=1S/C16H15N3O3S/c1-21-11-4-3-5-12(8-11)23-13-6-7-15-17-14(10-19(15)9-13)18-16(20)22-2/h3-10H,1-2H3,(H,18,20). The van der Waals surface area contributed by atoms with Gasteiger partial charge in [0.2, 0.25) is 0 Å². The Morgan fingerprint density at radius 3 is 2.83 bits per heavy atom. The smallest absolute Gasteiger partial charge is 0.412 e. The molecule has 1 aromatic carbocycles. The number of fused-ring (bicyclic) bond motifs is 1. The van der Waals surface area contributed by atoms with Crippen LogP contribution in [0, 0.1) is 0 Å². The lowest BCUT2D eigenvalue weighted by atomic mass is 10.3. The summed E-state index contributed by atoms with van der Waals surface area (Å²) in [5, 5.41) is 2.55. The third-order valence-electron chi connectivity index (χ3n) is 3.12. The Morgan fingerprint density at radius 2 is 2.04 bits per heavy atom. The van der Waals surface area contributed by atoms with Crippen molar-refractivity contribution in [1.82, 2.24) is 9.38 Å². The van der Waals surface area contributed by atoms with Crippen LogP contribution >= 0.6 is 11.8 Å². The van der Waals surface area contributed by atoms with Crippen molar-refractivity contribution in [2.45, 2.75) is 9.79 Å².